The van der Waals surface area contributed by atoms with Crippen LogP contribution in [0, 0.1) is 11.3 Å². The zero-order chi connectivity index (χ0) is 22.6. The molecule has 1 aliphatic rings. The molecular formula is C25H31NO4S. The molecule has 1 amide bonds. The van der Waals surface area contributed by atoms with Crippen LogP contribution in [0.25, 0.3) is 6.08 Å². The number of esters is 1. The predicted molar refractivity (Wildman–Crippen MR) is 126 cm³/mol. The van der Waals surface area contributed by atoms with Gasteiger partial charge in [-0.15, -0.1) is 11.3 Å². The van der Waals surface area contributed by atoms with Crippen molar-refractivity contribution in [1.29, 1.82) is 0 Å². The summed E-state index contributed by atoms with van der Waals surface area (Å²) in [5.74, 6) is 0.682. The summed E-state index contributed by atoms with van der Waals surface area (Å²) in [5, 5.41) is 3.51. The van der Waals surface area contributed by atoms with Crippen LogP contribution in [0.4, 0.5) is 5.00 Å². The molecule has 0 bridgehead atoms. The lowest BCUT2D eigenvalue weighted by molar-refractivity contribution is -0.111. The lowest BCUT2D eigenvalue weighted by atomic mass is 9.72. The maximum atomic E-state index is 12.7. The second-order valence-electron chi connectivity index (χ2n) is 8.83. The number of benzene rings is 1. The molecule has 1 aliphatic carbocycles. The van der Waals surface area contributed by atoms with Crippen molar-refractivity contribution in [3.63, 3.8) is 0 Å². The third-order valence-corrected chi connectivity index (χ3v) is 6.92. The van der Waals surface area contributed by atoms with Crippen molar-refractivity contribution in [3.8, 4) is 5.75 Å². The van der Waals surface area contributed by atoms with Crippen molar-refractivity contribution >= 4 is 34.3 Å². The Balaban J connectivity index is 1.82. The highest BCUT2D eigenvalue weighted by Crippen LogP contribution is 2.44. The van der Waals surface area contributed by atoms with E-state index in [9.17, 15) is 9.59 Å². The lowest BCUT2D eigenvalue weighted by Crippen LogP contribution is -2.26. The van der Waals surface area contributed by atoms with E-state index < -0.39 is 0 Å². The van der Waals surface area contributed by atoms with Gasteiger partial charge in [-0.3, -0.25) is 4.79 Å². The molecule has 1 N–H and O–H groups in total. The number of carbonyl (C=O) groups is 2. The van der Waals surface area contributed by atoms with Crippen molar-refractivity contribution in [2.24, 2.45) is 11.3 Å². The summed E-state index contributed by atoms with van der Waals surface area (Å²) < 4.78 is 10.5. The van der Waals surface area contributed by atoms with Crippen LogP contribution in [0.2, 0.25) is 0 Å². The van der Waals surface area contributed by atoms with E-state index in [-0.39, 0.29) is 17.3 Å². The van der Waals surface area contributed by atoms with Gasteiger partial charge in [0, 0.05) is 11.0 Å². The summed E-state index contributed by atoms with van der Waals surface area (Å²) in [5.41, 5.74) is 2.66. The third-order valence-electron chi connectivity index (χ3n) is 5.75. The standard InChI is InChI=1S/C25H31NO4S/c1-6-30-24(28)22-19-13-10-17(25(2,3)4)15-20(19)31-23(22)26-21(27)14-9-16-7-11-18(29-5)12-8-16/h7-9,11-12,14,17H,6,10,13,15H2,1-5H3,(H,26,27)/b14-9+. The van der Waals surface area contributed by atoms with Gasteiger partial charge in [0.2, 0.25) is 5.91 Å². The van der Waals surface area contributed by atoms with Crippen LogP contribution in [-0.4, -0.2) is 25.6 Å². The van der Waals surface area contributed by atoms with Gasteiger partial charge < -0.3 is 14.8 Å². The first-order valence-electron chi connectivity index (χ1n) is 10.7. The van der Waals surface area contributed by atoms with E-state index in [2.05, 4.69) is 26.1 Å². The molecule has 0 aliphatic heterocycles. The number of anilines is 1. The maximum Gasteiger partial charge on any atom is 0.341 e. The molecule has 6 heteroatoms. The van der Waals surface area contributed by atoms with Gasteiger partial charge >= 0.3 is 5.97 Å². The second-order valence-corrected chi connectivity index (χ2v) is 9.94. The molecule has 1 heterocycles. The van der Waals surface area contributed by atoms with E-state index in [0.29, 0.717) is 23.1 Å². The number of methoxy groups -OCH3 is 1. The predicted octanol–water partition coefficient (Wildman–Crippen LogP) is 5.74. The number of hydrogen-bond donors (Lipinski definition) is 1. The molecule has 1 unspecified atom stereocenters. The topological polar surface area (TPSA) is 64.6 Å². The first-order valence-corrected chi connectivity index (χ1v) is 11.5. The molecule has 1 atom stereocenters. The fourth-order valence-electron chi connectivity index (χ4n) is 3.87. The molecule has 0 saturated carbocycles. The first kappa shape index (κ1) is 23.1. The van der Waals surface area contributed by atoms with Gasteiger partial charge in [0.05, 0.1) is 19.3 Å². The van der Waals surface area contributed by atoms with Gasteiger partial charge in [-0.2, -0.15) is 0 Å². The molecular weight excluding hydrogens is 410 g/mol. The minimum Gasteiger partial charge on any atom is -0.497 e. The van der Waals surface area contributed by atoms with E-state index in [1.165, 1.54) is 22.3 Å². The van der Waals surface area contributed by atoms with Crippen LogP contribution in [0.5, 0.6) is 5.75 Å². The van der Waals surface area contributed by atoms with Crippen LogP contribution < -0.4 is 10.1 Å². The number of thiophene rings is 1. The summed E-state index contributed by atoms with van der Waals surface area (Å²) in [4.78, 5) is 26.5. The van der Waals surface area contributed by atoms with Gasteiger partial charge in [0.1, 0.15) is 10.8 Å². The molecule has 166 valence electrons. The summed E-state index contributed by atoms with van der Waals surface area (Å²) in [6.07, 6.45) is 6.01. The van der Waals surface area contributed by atoms with E-state index in [1.807, 2.05) is 24.3 Å². The van der Waals surface area contributed by atoms with Gasteiger partial charge in [-0.1, -0.05) is 32.9 Å². The molecule has 5 nitrogen and oxygen atoms in total. The second kappa shape index (κ2) is 9.69. The molecule has 1 aromatic carbocycles. The normalized spacial score (nSPS) is 16.1. The van der Waals surface area contributed by atoms with E-state index >= 15 is 0 Å². The Labute approximate surface area is 188 Å². The number of nitrogens with one attached hydrogen (secondary N) is 1. The zero-order valence-electron chi connectivity index (χ0n) is 18.9. The summed E-state index contributed by atoms with van der Waals surface area (Å²) in [7, 11) is 1.61. The van der Waals surface area contributed by atoms with Crippen molar-refractivity contribution < 1.29 is 19.1 Å². The maximum absolute atomic E-state index is 12.7. The Morgan fingerprint density at radius 2 is 1.94 bits per heavy atom. The smallest absolute Gasteiger partial charge is 0.341 e. The number of amides is 1. The van der Waals surface area contributed by atoms with Crippen LogP contribution in [-0.2, 0) is 22.4 Å². The number of hydrogen-bond acceptors (Lipinski definition) is 5. The molecule has 0 saturated heterocycles. The molecule has 31 heavy (non-hydrogen) atoms. The highest BCUT2D eigenvalue weighted by atomic mass is 32.1. The monoisotopic (exact) mass is 441 g/mol. The summed E-state index contributed by atoms with van der Waals surface area (Å²) in [6, 6.07) is 7.44. The lowest BCUT2D eigenvalue weighted by Gasteiger charge is -2.33. The first-order chi connectivity index (χ1) is 14.7. The number of ether oxygens (including phenoxy) is 2. The highest BCUT2D eigenvalue weighted by Gasteiger charge is 2.34. The van der Waals surface area contributed by atoms with E-state index in [0.717, 1.165) is 36.1 Å². The van der Waals surface area contributed by atoms with Gasteiger partial charge in [0.15, 0.2) is 0 Å². The molecule has 0 spiro atoms. The van der Waals surface area contributed by atoms with Crippen LogP contribution in [0.15, 0.2) is 30.3 Å². The highest BCUT2D eigenvalue weighted by molar-refractivity contribution is 7.17. The van der Waals surface area contributed by atoms with Gasteiger partial charge in [-0.05, 0) is 66.9 Å². The Morgan fingerprint density at radius 1 is 1.23 bits per heavy atom. The number of carbonyl (C=O) groups excluding carboxylic acids is 2. The Kier molecular flexibility index (Phi) is 7.21. The van der Waals surface area contributed by atoms with E-state index in [1.54, 1.807) is 20.1 Å². The molecule has 1 aromatic heterocycles. The zero-order valence-corrected chi connectivity index (χ0v) is 19.7. The van der Waals surface area contributed by atoms with Crippen molar-refractivity contribution in [1.82, 2.24) is 0 Å². The Morgan fingerprint density at radius 3 is 2.55 bits per heavy atom. The summed E-state index contributed by atoms with van der Waals surface area (Å²) >= 11 is 1.51. The van der Waals surface area contributed by atoms with Crippen LogP contribution in [0.3, 0.4) is 0 Å². The summed E-state index contributed by atoms with van der Waals surface area (Å²) in [6.45, 7) is 8.88. The molecule has 2 aromatic rings. The van der Waals surface area contributed by atoms with Crippen molar-refractivity contribution in [2.75, 3.05) is 19.0 Å². The third kappa shape index (κ3) is 5.56. The molecule has 3 rings (SSSR count). The Hall–Kier alpha value is -2.60. The van der Waals surface area contributed by atoms with Gasteiger partial charge in [0.25, 0.3) is 0 Å². The van der Waals surface area contributed by atoms with Crippen LogP contribution >= 0.6 is 11.3 Å². The fourth-order valence-corrected chi connectivity index (χ4v) is 5.19. The molecule has 0 radical (unpaired) electrons. The minimum absolute atomic E-state index is 0.205. The van der Waals surface area contributed by atoms with Gasteiger partial charge in [-0.25, -0.2) is 4.79 Å². The van der Waals surface area contributed by atoms with E-state index in [4.69, 9.17) is 9.47 Å². The Bertz CT molecular complexity index is 967. The minimum atomic E-state index is -0.358. The number of rotatable bonds is 6. The largest absolute Gasteiger partial charge is 0.497 e. The fraction of sp³-hybridized carbons (Fsp3) is 0.440. The average molecular weight is 442 g/mol. The van der Waals surface area contributed by atoms with Crippen molar-refractivity contribution in [2.45, 2.75) is 47.0 Å². The SMILES string of the molecule is CCOC(=O)c1c(NC(=O)/C=C/c2ccc(OC)cc2)sc2c1CCC(C(C)(C)C)C2. The van der Waals surface area contributed by atoms with Crippen molar-refractivity contribution in [3.05, 3.63) is 51.9 Å². The number of fused-ring (bicyclic) bond motifs is 1. The quantitative estimate of drug-likeness (QED) is 0.459. The molecule has 0 fully saturated rings. The average Bonchev–Trinajstić information content (AvgIpc) is 3.09. The van der Waals surface area contributed by atoms with Crippen LogP contribution in [0.1, 0.15) is 60.5 Å².